The van der Waals surface area contributed by atoms with Crippen LogP contribution in [0.25, 0.3) is 0 Å². The molecular weight excluding hydrogens is 312 g/mol. The van der Waals surface area contributed by atoms with E-state index in [1.165, 1.54) is 11.1 Å². The van der Waals surface area contributed by atoms with Crippen molar-refractivity contribution in [2.45, 2.75) is 58.7 Å². The molecule has 5 nitrogen and oxygen atoms in total. The highest BCUT2D eigenvalue weighted by molar-refractivity contribution is 5.51. The fourth-order valence-electron chi connectivity index (χ4n) is 3.35. The summed E-state index contributed by atoms with van der Waals surface area (Å²) in [5.41, 5.74) is 3.76. The third kappa shape index (κ3) is 3.76. The number of aryl methyl sites for hydroxylation is 1. The van der Waals surface area contributed by atoms with E-state index >= 15 is 0 Å². The van der Waals surface area contributed by atoms with Gasteiger partial charge in [0, 0.05) is 29.9 Å². The lowest BCUT2D eigenvalue weighted by atomic mass is 9.85. The number of aromatic nitrogens is 2. The molecule has 1 aliphatic heterocycles. The molecule has 0 amide bonds. The molecule has 0 spiro atoms. The molecule has 1 atom stereocenters. The van der Waals surface area contributed by atoms with Crippen molar-refractivity contribution < 1.29 is 5.11 Å². The van der Waals surface area contributed by atoms with Crippen LogP contribution in [0.3, 0.4) is 0 Å². The number of aliphatic hydroxyl groups excluding tert-OH is 1. The molecule has 0 radical (unpaired) electrons. The van der Waals surface area contributed by atoms with Crippen LogP contribution in [0.5, 0.6) is 0 Å². The highest BCUT2D eigenvalue weighted by Crippen LogP contribution is 2.34. The number of benzene rings is 1. The summed E-state index contributed by atoms with van der Waals surface area (Å²) in [6.45, 7) is 9.45. The van der Waals surface area contributed by atoms with Gasteiger partial charge in [0.2, 0.25) is 5.95 Å². The van der Waals surface area contributed by atoms with Crippen LogP contribution in [0, 0.1) is 0 Å². The van der Waals surface area contributed by atoms with Crippen molar-refractivity contribution in [3.63, 3.8) is 0 Å². The molecule has 2 heterocycles. The van der Waals surface area contributed by atoms with Crippen molar-refractivity contribution in [3.05, 3.63) is 47.2 Å². The Kier molecular flexibility index (Phi) is 4.95. The lowest BCUT2D eigenvalue weighted by Gasteiger charge is -2.44. The van der Waals surface area contributed by atoms with E-state index in [9.17, 15) is 5.11 Å². The summed E-state index contributed by atoms with van der Waals surface area (Å²) >= 11 is 0. The molecule has 0 saturated carbocycles. The Morgan fingerprint density at radius 2 is 1.96 bits per heavy atom. The van der Waals surface area contributed by atoms with Gasteiger partial charge in [-0.05, 0) is 44.7 Å². The molecule has 0 fully saturated rings. The molecule has 0 unspecified atom stereocenters. The molecule has 0 saturated heterocycles. The van der Waals surface area contributed by atoms with Gasteiger partial charge in [-0.3, -0.25) is 0 Å². The van der Waals surface area contributed by atoms with Gasteiger partial charge < -0.3 is 15.3 Å². The topological polar surface area (TPSA) is 61.3 Å². The second-order valence-corrected chi connectivity index (χ2v) is 7.47. The molecule has 2 aromatic rings. The number of aliphatic hydroxyl groups is 1. The largest absolute Gasteiger partial charge is 0.394 e. The van der Waals surface area contributed by atoms with Crippen LogP contribution < -0.4 is 10.2 Å². The number of rotatable bonds is 5. The zero-order valence-electron chi connectivity index (χ0n) is 15.6. The number of hydrogen-bond donors (Lipinski definition) is 2. The van der Waals surface area contributed by atoms with Crippen LogP contribution >= 0.6 is 0 Å². The Morgan fingerprint density at radius 3 is 2.64 bits per heavy atom. The second kappa shape index (κ2) is 7.00. The Labute approximate surface area is 150 Å². The molecule has 0 bridgehead atoms. The van der Waals surface area contributed by atoms with Crippen LogP contribution in [0.15, 0.2) is 30.3 Å². The first-order valence-electron chi connectivity index (χ1n) is 9.02. The van der Waals surface area contributed by atoms with E-state index < -0.39 is 0 Å². The van der Waals surface area contributed by atoms with Crippen molar-refractivity contribution >= 4 is 11.8 Å². The Morgan fingerprint density at radius 1 is 1.24 bits per heavy atom. The predicted molar refractivity (Wildman–Crippen MR) is 102 cm³/mol. The molecule has 134 valence electrons. The smallest absolute Gasteiger partial charge is 0.225 e. The summed E-state index contributed by atoms with van der Waals surface area (Å²) in [5, 5.41) is 12.5. The van der Waals surface area contributed by atoms with Crippen molar-refractivity contribution in [1.29, 1.82) is 0 Å². The van der Waals surface area contributed by atoms with E-state index in [0.717, 1.165) is 30.9 Å². The molecular formula is C20H28N4O. The van der Waals surface area contributed by atoms with Gasteiger partial charge in [0.05, 0.1) is 6.61 Å². The summed E-state index contributed by atoms with van der Waals surface area (Å²) in [5.74, 6) is 1.53. The zero-order valence-corrected chi connectivity index (χ0v) is 15.6. The van der Waals surface area contributed by atoms with Gasteiger partial charge in [-0.15, -0.1) is 0 Å². The van der Waals surface area contributed by atoms with Crippen molar-refractivity contribution in [2.24, 2.45) is 0 Å². The first kappa shape index (κ1) is 17.7. The highest BCUT2D eigenvalue weighted by Gasteiger charge is 2.33. The maximum absolute atomic E-state index is 9.30. The van der Waals surface area contributed by atoms with E-state index in [1.54, 1.807) is 0 Å². The minimum Gasteiger partial charge on any atom is -0.394 e. The van der Waals surface area contributed by atoms with Crippen LogP contribution in [-0.4, -0.2) is 33.3 Å². The minimum atomic E-state index is -0.0740. The molecule has 2 N–H and O–H groups in total. The monoisotopic (exact) mass is 340 g/mol. The quantitative estimate of drug-likeness (QED) is 0.875. The zero-order chi connectivity index (χ0) is 18.0. The average molecular weight is 340 g/mol. The van der Waals surface area contributed by atoms with E-state index in [0.29, 0.717) is 5.95 Å². The standard InChI is InChI=1S/C20H28N4O/c1-5-17-10-18(23-19(22-17)21-14(2)13-25)24-12-16-9-7-6-8-15(16)11-20(24,3)4/h6-10,14,25H,5,11-13H2,1-4H3,(H,21,22,23)/t14-/m1/s1. The summed E-state index contributed by atoms with van der Waals surface area (Å²) in [4.78, 5) is 11.7. The van der Waals surface area contributed by atoms with Crippen molar-refractivity contribution in [3.8, 4) is 0 Å². The molecule has 0 aliphatic carbocycles. The van der Waals surface area contributed by atoms with Gasteiger partial charge in [-0.25, -0.2) is 4.98 Å². The first-order valence-corrected chi connectivity index (χ1v) is 9.02. The Balaban J connectivity index is 1.98. The van der Waals surface area contributed by atoms with Gasteiger partial charge in [-0.1, -0.05) is 31.2 Å². The fraction of sp³-hybridized carbons (Fsp3) is 0.500. The second-order valence-electron chi connectivity index (χ2n) is 7.47. The number of nitrogens with zero attached hydrogens (tertiary/aromatic N) is 3. The number of anilines is 2. The van der Waals surface area contributed by atoms with Crippen LogP contribution in [0.2, 0.25) is 0 Å². The first-order chi connectivity index (χ1) is 11.9. The number of hydrogen-bond acceptors (Lipinski definition) is 5. The molecule has 1 aliphatic rings. The predicted octanol–water partition coefficient (Wildman–Crippen LogP) is 3.17. The third-order valence-corrected chi connectivity index (χ3v) is 4.85. The normalized spacial score (nSPS) is 17.1. The average Bonchev–Trinajstić information content (AvgIpc) is 2.59. The molecule has 1 aromatic carbocycles. The summed E-state index contributed by atoms with van der Waals surface area (Å²) in [6.07, 6.45) is 1.84. The lowest BCUT2D eigenvalue weighted by Crippen LogP contribution is -2.49. The maximum atomic E-state index is 9.30. The minimum absolute atomic E-state index is 0.0203. The van der Waals surface area contributed by atoms with Crippen molar-refractivity contribution in [1.82, 2.24) is 9.97 Å². The van der Waals surface area contributed by atoms with Crippen LogP contribution in [-0.2, 0) is 19.4 Å². The fourth-order valence-corrected chi connectivity index (χ4v) is 3.35. The molecule has 25 heavy (non-hydrogen) atoms. The van der Waals surface area contributed by atoms with Crippen LogP contribution in [0.1, 0.15) is 44.5 Å². The number of fused-ring (bicyclic) bond motifs is 1. The molecule has 3 rings (SSSR count). The molecule has 1 aromatic heterocycles. The van der Waals surface area contributed by atoms with Crippen LogP contribution in [0.4, 0.5) is 11.8 Å². The third-order valence-electron chi connectivity index (χ3n) is 4.85. The van der Waals surface area contributed by atoms with E-state index in [4.69, 9.17) is 4.98 Å². The Bertz CT molecular complexity index is 744. The van der Waals surface area contributed by atoms with Gasteiger partial charge >= 0.3 is 0 Å². The summed E-state index contributed by atoms with van der Waals surface area (Å²) in [7, 11) is 0. The van der Waals surface area contributed by atoms with Gasteiger partial charge in [0.15, 0.2) is 0 Å². The summed E-state index contributed by atoms with van der Waals surface area (Å²) < 4.78 is 0. The lowest BCUT2D eigenvalue weighted by molar-refractivity contribution is 0.281. The van der Waals surface area contributed by atoms with E-state index in [2.05, 4.69) is 66.3 Å². The maximum Gasteiger partial charge on any atom is 0.225 e. The Hall–Kier alpha value is -2.14. The van der Waals surface area contributed by atoms with Crippen molar-refractivity contribution in [2.75, 3.05) is 16.8 Å². The van der Waals surface area contributed by atoms with Gasteiger partial charge in [0.1, 0.15) is 5.82 Å². The van der Waals surface area contributed by atoms with Gasteiger partial charge in [0.25, 0.3) is 0 Å². The number of nitrogens with one attached hydrogen (secondary N) is 1. The van der Waals surface area contributed by atoms with E-state index in [1.807, 2.05) is 6.92 Å². The van der Waals surface area contributed by atoms with Gasteiger partial charge in [-0.2, -0.15) is 4.98 Å². The highest BCUT2D eigenvalue weighted by atomic mass is 16.3. The summed E-state index contributed by atoms with van der Waals surface area (Å²) in [6, 6.07) is 10.7. The SMILES string of the molecule is CCc1cc(N2Cc3ccccc3CC2(C)C)nc(N[C@H](C)CO)n1. The molecule has 5 heteroatoms. The van der Waals surface area contributed by atoms with E-state index in [-0.39, 0.29) is 18.2 Å².